The average molecular weight is 384 g/mol. The van der Waals surface area contributed by atoms with Gasteiger partial charge in [0.1, 0.15) is 0 Å². The number of benzene rings is 2. The topological polar surface area (TPSA) is 0 Å². The van der Waals surface area contributed by atoms with E-state index in [2.05, 4.69) is 83.7 Å². The molecule has 0 unspecified atom stereocenters. The van der Waals surface area contributed by atoms with Gasteiger partial charge >= 0.3 is 132 Å². The van der Waals surface area contributed by atoms with Crippen LogP contribution in [0.5, 0.6) is 0 Å². The van der Waals surface area contributed by atoms with E-state index in [-0.39, 0.29) is 0 Å². The van der Waals surface area contributed by atoms with Gasteiger partial charge in [-0.25, -0.2) is 0 Å². The van der Waals surface area contributed by atoms with E-state index in [0.29, 0.717) is 0 Å². The summed E-state index contributed by atoms with van der Waals surface area (Å²) in [5.41, 5.74) is 2.92. The summed E-state index contributed by atoms with van der Waals surface area (Å²) in [6.45, 7) is 0. The summed E-state index contributed by atoms with van der Waals surface area (Å²) in [6, 6.07) is 22.1. The molecule has 0 aliphatic rings. The van der Waals surface area contributed by atoms with Crippen molar-refractivity contribution < 1.29 is 0 Å². The van der Waals surface area contributed by atoms with Gasteiger partial charge in [0, 0.05) is 0 Å². The molecule has 0 saturated heterocycles. The van der Waals surface area contributed by atoms with Gasteiger partial charge in [-0.2, -0.15) is 0 Å². The molecule has 20 heavy (non-hydrogen) atoms. The zero-order valence-corrected chi connectivity index (χ0v) is 17.0. The molecular weight excluding hydrogens is 361 g/mol. The molecule has 0 aliphatic heterocycles. The van der Waals surface area contributed by atoms with Crippen LogP contribution in [0.25, 0.3) is 8.81 Å². The third kappa shape index (κ3) is 3.67. The molecule has 2 heteroatoms. The zero-order chi connectivity index (χ0) is 14.5. The molecule has 0 amide bonds. The first kappa shape index (κ1) is 15.7. The molecule has 0 spiro atoms. The fourth-order valence-corrected chi connectivity index (χ4v) is 13.9. The minimum absolute atomic E-state index is 1.16. The monoisotopic (exact) mass is 386 g/mol. The van der Waals surface area contributed by atoms with Gasteiger partial charge < -0.3 is 0 Å². The standard InChI is InChI=1S/C18H22Ge2/c1-19(2)17(15-11-7-5-8-12-15)18(20(3)4)16-13-9-6-10-14-16/h5-14H,1-4H3/b18-17+. The predicted octanol–water partition coefficient (Wildman–Crippen LogP) is 5.18. The Kier molecular flexibility index (Phi) is 5.73. The molecule has 0 N–H and O–H groups in total. The van der Waals surface area contributed by atoms with Gasteiger partial charge in [-0.15, -0.1) is 0 Å². The number of rotatable bonds is 4. The molecule has 0 heterocycles. The summed E-state index contributed by atoms with van der Waals surface area (Å²) in [5, 5.41) is 0. The molecule has 0 fully saturated rings. The van der Waals surface area contributed by atoms with Gasteiger partial charge in [-0.3, -0.25) is 0 Å². The van der Waals surface area contributed by atoms with Crippen LogP contribution in [0.1, 0.15) is 11.1 Å². The molecular formula is C18H22Ge2. The number of hydrogen-bond acceptors (Lipinski definition) is 0. The maximum absolute atomic E-state index is 2.48. The molecule has 2 radical (unpaired) electrons. The molecule has 0 atom stereocenters. The summed E-state index contributed by atoms with van der Waals surface area (Å²) in [6.07, 6.45) is 0. The van der Waals surface area contributed by atoms with E-state index in [1.54, 1.807) is 8.81 Å². The van der Waals surface area contributed by atoms with Crippen molar-refractivity contribution in [3.05, 3.63) is 71.8 Å². The first-order chi connectivity index (χ1) is 9.61. The van der Waals surface area contributed by atoms with Crippen molar-refractivity contribution in [1.82, 2.24) is 0 Å². The zero-order valence-electron chi connectivity index (χ0n) is 12.8. The molecule has 2 rings (SSSR count). The van der Waals surface area contributed by atoms with E-state index in [1.165, 1.54) is 11.1 Å². The summed E-state index contributed by atoms with van der Waals surface area (Å²) in [5.74, 6) is 9.91. The van der Waals surface area contributed by atoms with Gasteiger partial charge in [-0.05, 0) is 0 Å². The first-order valence-corrected chi connectivity index (χ1v) is 17.6. The predicted molar refractivity (Wildman–Crippen MR) is 94.7 cm³/mol. The van der Waals surface area contributed by atoms with Crippen molar-refractivity contribution in [3.63, 3.8) is 0 Å². The second-order valence-corrected chi connectivity index (χ2v) is 16.0. The second kappa shape index (κ2) is 7.32. The van der Waals surface area contributed by atoms with Crippen molar-refractivity contribution >= 4 is 37.5 Å². The van der Waals surface area contributed by atoms with E-state index in [9.17, 15) is 0 Å². The SMILES string of the molecule is [CH3][Ge]([CH3])/[C](=[C](\c1ccccc1)[Ge]([CH3])[CH3])c1ccccc1. The van der Waals surface area contributed by atoms with Crippen molar-refractivity contribution in [2.75, 3.05) is 0 Å². The Hall–Kier alpha value is -0.734. The Morgan fingerprint density at radius 2 is 0.850 bits per heavy atom. The third-order valence-corrected chi connectivity index (χ3v) is 10.9. The summed E-state index contributed by atoms with van der Waals surface area (Å²) >= 11 is -2.32. The maximum atomic E-state index is 2.48. The van der Waals surface area contributed by atoms with Gasteiger partial charge in [-0.1, -0.05) is 0 Å². The van der Waals surface area contributed by atoms with E-state index in [1.807, 2.05) is 0 Å². The fraction of sp³-hybridized carbons (Fsp3) is 0.222. The Labute approximate surface area is 132 Å². The van der Waals surface area contributed by atoms with Crippen LogP contribution >= 0.6 is 0 Å². The van der Waals surface area contributed by atoms with Crippen molar-refractivity contribution in [1.29, 1.82) is 0 Å². The molecule has 2 aromatic carbocycles. The van der Waals surface area contributed by atoms with E-state index < -0.39 is 28.7 Å². The van der Waals surface area contributed by atoms with Crippen LogP contribution in [-0.4, -0.2) is 28.7 Å². The molecule has 0 bridgehead atoms. The van der Waals surface area contributed by atoms with Crippen molar-refractivity contribution in [2.45, 2.75) is 23.0 Å². The molecule has 0 aromatic heterocycles. The van der Waals surface area contributed by atoms with Crippen LogP contribution in [0.4, 0.5) is 0 Å². The van der Waals surface area contributed by atoms with E-state index in [4.69, 9.17) is 0 Å². The minimum atomic E-state index is -1.16. The normalized spacial score (nSPS) is 12.7. The quantitative estimate of drug-likeness (QED) is 0.504. The van der Waals surface area contributed by atoms with E-state index in [0.717, 1.165) is 0 Å². The summed E-state index contributed by atoms with van der Waals surface area (Å²) < 4.78 is 3.41. The van der Waals surface area contributed by atoms with Gasteiger partial charge in [0.25, 0.3) is 0 Å². The summed E-state index contributed by atoms with van der Waals surface area (Å²) in [7, 11) is 0. The van der Waals surface area contributed by atoms with Crippen molar-refractivity contribution in [3.8, 4) is 0 Å². The van der Waals surface area contributed by atoms with Crippen LogP contribution in [0, 0.1) is 0 Å². The van der Waals surface area contributed by atoms with Gasteiger partial charge in [0.05, 0.1) is 0 Å². The Bertz CT molecular complexity index is 515. The van der Waals surface area contributed by atoms with Crippen LogP contribution in [0.2, 0.25) is 23.0 Å². The van der Waals surface area contributed by atoms with Crippen LogP contribution in [0.15, 0.2) is 60.7 Å². The Morgan fingerprint density at radius 1 is 0.550 bits per heavy atom. The average Bonchev–Trinajstić information content (AvgIpc) is 2.45. The second-order valence-electron chi connectivity index (χ2n) is 5.48. The molecule has 0 aliphatic carbocycles. The van der Waals surface area contributed by atoms with Crippen molar-refractivity contribution in [2.24, 2.45) is 0 Å². The Balaban J connectivity index is 2.67. The Morgan fingerprint density at radius 3 is 1.10 bits per heavy atom. The first-order valence-electron chi connectivity index (χ1n) is 7.07. The van der Waals surface area contributed by atoms with E-state index >= 15 is 0 Å². The van der Waals surface area contributed by atoms with Crippen LogP contribution in [-0.2, 0) is 0 Å². The molecule has 2 aromatic rings. The molecule has 0 nitrogen and oxygen atoms in total. The molecule has 102 valence electrons. The fourth-order valence-electron chi connectivity index (χ4n) is 2.58. The van der Waals surface area contributed by atoms with Gasteiger partial charge in [0.15, 0.2) is 0 Å². The number of hydrogen-bond donors (Lipinski definition) is 0. The third-order valence-electron chi connectivity index (χ3n) is 3.37. The van der Waals surface area contributed by atoms with Gasteiger partial charge in [0.2, 0.25) is 0 Å². The van der Waals surface area contributed by atoms with Crippen LogP contribution in [0.3, 0.4) is 0 Å². The van der Waals surface area contributed by atoms with Crippen LogP contribution < -0.4 is 0 Å². The molecule has 0 saturated carbocycles. The summed E-state index contributed by atoms with van der Waals surface area (Å²) in [4.78, 5) is 0.